The number of carbonyl (C=O) groups is 1. The van der Waals surface area contributed by atoms with Gasteiger partial charge in [-0.25, -0.2) is 0 Å². The fraction of sp³-hybridized carbons (Fsp3) is 0.364. The number of rotatable bonds is 6. The molecule has 0 aliphatic heterocycles. The Morgan fingerprint density at radius 3 is 2.87 bits per heavy atom. The fourth-order valence-electron chi connectivity index (χ4n) is 1.16. The average Bonchev–Trinajstić information content (AvgIpc) is 2.29. The Hall–Kier alpha value is -1.42. The molecule has 82 valence electrons. The zero-order chi connectivity index (χ0) is 11.1. The summed E-state index contributed by atoms with van der Waals surface area (Å²) in [5, 5.41) is 8.86. The van der Waals surface area contributed by atoms with Gasteiger partial charge in [0.05, 0.1) is 25.5 Å². The summed E-state index contributed by atoms with van der Waals surface area (Å²) in [4.78, 5) is 10.7. The summed E-state index contributed by atoms with van der Waals surface area (Å²) < 4.78 is 17.0. The number of aliphatic hydroxyl groups is 1. The molecule has 0 aliphatic carbocycles. The largest absolute Gasteiger partial charge is 0.493 e. The highest BCUT2D eigenvalue weighted by molar-refractivity contribution is 5.79. The molecule has 1 rings (SSSR count). The molecule has 0 saturated heterocycles. The zero-order valence-corrected chi connectivity index (χ0v) is 8.28. The first-order valence-electron chi connectivity index (χ1n) is 4.69. The van der Waals surface area contributed by atoms with E-state index in [4.69, 9.17) is 9.84 Å². The molecule has 0 fully saturated rings. The molecule has 0 amide bonds. The van der Waals surface area contributed by atoms with Crippen molar-refractivity contribution in [2.45, 2.75) is 13.0 Å². The minimum atomic E-state index is -0.439. The van der Waals surface area contributed by atoms with Crippen LogP contribution in [0.5, 0.6) is 5.75 Å². The van der Waals surface area contributed by atoms with E-state index in [-0.39, 0.29) is 13.2 Å². The van der Waals surface area contributed by atoms with E-state index in [1.165, 1.54) is 0 Å². The van der Waals surface area contributed by atoms with Crippen molar-refractivity contribution in [2.24, 2.45) is 0 Å². The summed E-state index contributed by atoms with van der Waals surface area (Å²) in [6, 6.07) is 4.82. The van der Waals surface area contributed by atoms with Crippen LogP contribution < -0.4 is 4.74 Å². The summed E-state index contributed by atoms with van der Waals surface area (Å²) in [5.74, 6) is 0.427. The normalized spacial score (nSPS) is 10.0. The van der Waals surface area contributed by atoms with Gasteiger partial charge in [0, 0.05) is 6.42 Å². The van der Waals surface area contributed by atoms with Crippen molar-refractivity contribution in [3.8, 4) is 5.75 Å². The second-order valence-corrected chi connectivity index (χ2v) is 3.04. The lowest BCUT2D eigenvalue weighted by Gasteiger charge is -2.08. The molecule has 3 nitrogen and oxygen atoms in total. The fourth-order valence-corrected chi connectivity index (χ4v) is 1.16. The molecule has 4 heteroatoms. The Balaban J connectivity index is 2.73. The number of hydrogen-bond donors (Lipinski definition) is 1. The first-order valence-corrected chi connectivity index (χ1v) is 4.69. The van der Waals surface area contributed by atoms with Gasteiger partial charge in [0.1, 0.15) is 5.75 Å². The minimum absolute atomic E-state index is 0.119. The van der Waals surface area contributed by atoms with E-state index in [2.05, 4.69) is 0 Å². The number of benzene rings is 1. The van der Waals surface area contributed by atoms with Crippen LogP contribution in [0.25, 0.3) is 0 Å². The van der Waals surface area contributed by atoms with E-state index in [1.54, 1.807) is 18.2 Å². The van der Waals surface area contributed by atoms with Crippen molar-refractivity contribution < 1.29 is 19.0 Å². The van der Waals surface area contributed by atoms with Gasteiger partial charge in [-0.3, -0.25) is 9.18 Å². The maximum absolute atomic E-state index is 11.8. The van der Waals surface area contributed by atoms with Gasteiger partial charge in [-0.15, -0.1) is 0 Å². The van der Waals surface area contributed by atoms with Gasteiger partial charge in [-0.2, -0.15) is 0 Å². The van der Waals surface area contributed by atoms with Gasteiger partial charge in [-0.05, 0) is 17.7 Å². The lowest BCUT2D eigenvalue weighted by molar-refractivity contribution is 0.111. The topological polar surface area (TPSA) is 46.5 Å². The van der Waals surface area contributed by atoms with Crippen LogP contribution in [0, 0.1) is 0 Å². The Bertz CT molecular complexity index is 326. The first-order chi connectivity index (χ1) is 7.31. The highest BCUT2D eigenvalue weighted by Crippen LogP contribution is 2.18. The Labute approximate surface area is 87.5 Å². The molecule has 0 radical (unpaired) electrons. The van der Waals surface area contributed by atoms with Gasteiger partial charge in [0.15, 0.2) is 6.29 Å². The summed E-state index contributed by atoms with van der Waals surface area (Å²) in [7, 11) is 0. The molecule has 0 aliphatic rings. The van der Waals surface area contributed by atoms with Crippen molar-refractivity contribution in [1.82, 2.24) is 0 Å². The van der Waals surface area contributed by atoms with Crippen LogP contribution in [0.1, 0.15) is 22.3 Å². The SMILES string of the molecule is O=Cc1cc(CO)ccc1OCCCF. The van der Waals surface area contributed by atoms with Crippen LogP contribution in [0.4, 0.5) is 4.39 Å². The number of hydrogen-bond acceptors (Lipinski definition) is 3. The van der Waals surface area contributed by atoms with Gasteiger partial charge in [0.2, 0.25) is 0 Å². The third-order valence-corrected chi connectivity index (χ3v) is 1.92. The molecule has 1 aromatic carbocycles. The monoisotopic (exact) mass is 212 g/mol. The summed E-state index contributed by atoms with van der Waals surface area (Å²) in [6.45, 7) is -0.313. The molecule has 0 aromatic heterocycles. The summed E-state index contributed by atoms with van der Waals surface area (Å²) in [5.41, 5.74) is 1.02. The number of aldehydes is 1. The van der Waals surface area contributed by atoms with Crippen LogP contribution in [-0.2, 0) is 6.61 Å². The van der Waals surface area contributed by atoms with Crippen LogP contribution in [0.2, 0.25) is 0 Å². The predicted octanol–water partition coefficient (Wildman–Crippen LogP) is 1.73. The number of aliphatic hydroxyl groups excluding tert-OH is 1. The number of ether oxygens (including phenoxy) is 1. The first kappa shape index (κ1) is 11.7. The molecule has 1 N–H and O–H groups in total. The van der Waals surface area contributed by atoms with Crippen molar-refractivity contribution in [3.63, 3.8) is 0 Å². The van der Waals surface area contributed by atoms with E-state index >= 15 is 0 Å². The Morgan fingerprint density at radius 2 is 2.27 bits per heavy atom. The van der Waals surface area contributed by atoms with Crippen LogP contribution in [0.3, 0.4) is 0 Å². The van der Waals surface area contributed by atoms with E-state index in [0.29, 0.717) is 29.6 Å². The molecule has 0 atom stereocenters. The second kappa shape index (κ2) is 6.14. The molecule has 0 heterocycles. The molecule has 0 bridgehead atoms. The van der Waals surface area contributed by atoms with Gasteiger partial charge >= 0.3 is 0 Å². The molecular formula is C11H13FO3. The van der Waals surface area contributed by atoms with Crippen LogP contribution in [-0.4, -0.2) is 24.7 Å². The Kier molecular flexibility index (Phi) is 4.77. The van der Waals surface area contributed by atoms with Crippen LogP contribution in [0.15, 0.2) is 18.2 Å². The quantitative estimate of drug-likeness (QED) is 0.577. The van der Waals surface area contributed by atoms with Gasteiger partial charge in [0.25, 0.3) is 0 Å². The maximum atomic E-state index is 11.8. The summed E-state index contributed by atoms with van der Waals surface area (Å²) >= 11 is 0. The molecule has 0 saturated carbocycles. The second-order valence-electron chi connectivity index (χ2n) is 3.04. The third kappa shape index (κ3) is 3.32. The van der Waals surface area contributed by atoms with Gasteiger partial charge < -0.3 is 9.84 Å². The molecule has 0 unspecified atom stereocenters. The smallest absolute Gasteiger partial charge is 0.153 e. The van der Waals surface area contributed by atoms with Crippen LogP contribution >= 0.6 is 0 Å². The lowest BCUT2D eigenvalue weighted by atomic mass is 10.1. The van der Waals surface area contributed by atoms with Crippen molar-refractivity contribution >= 4 is 6.29 Å². The van der Waals surface area contributed by atoms with Crippen molar-refractivity contribution in [3.05, 3.63) is 29.3 Å². The highest BCUT2D eigenvalue weighted by atomic mass is 19.1. The lowest BCUT2D eigenvalue weighted by Crippen LogP contribution is -2.01. The predicted molar refractivity (Wildman–Crippen MR) is 53.8 cm³/mol. The standard InChI is InChI=1S/C11H13FO3/c12-4-1-5-15-11-3-2-9(7-13)6-10(11)8-14/h2-3,6,8,13H,1,4-5,7H2. The third-order valence-electron chi connectivity index (χ3n) is 1.92. The molecule has 1 aromatic rings. The van der Waals surface area contributed by atoms with Gasteiger partial charge in [-0.1, -0.05) is 6.07 Å². The average molecular weight is 212 g/mol. The molecular weight excluding hydrogens is 199 g/mol. The van der Waals surface area contributed by atoms with Crippen molar-refractivity contribution in [2.75, 3.05) is 13.3 Å². The van der Waals surface area contributed by atoms with E-state index < -0.39 is 6.67 Å². The minimum Gasteiger partial charge on any atom is -0.493 e. The molecule has 15 heavy (non-hydrogen) atoms. The van der Waals surface area contributed by atoms with E-state index in [9.17, 15) is 9.18 Å². The van der Waals surface area contributed by atoms with E-state index in [1.807, 2.05) is 0 Å². The highest BCUT2D eigenvalue weighted by Gasteiger charge is 2.03. The Morgan fingerprint density at radius 1 is 1.47 bits per heavy atom. The zero-order valence-electron chi connectivity index (χ0n) is 8.28. The number of halogens is 1. The molecule has 0 spiro atoms. The maximum Gasteiger partial charge on any atom is 0.153 e. The van der Waals surface area contributed by atoms with Crippen molar-refractivity contribution in [1.29, 1.82) is 0 Å². The van der Waals surface area contributed by atoms with E-state index in [0.717, 1.165) is 0 Å². The number of alkyl halides is 1. The number of carbonyl (C=O) groups excluding carboxylic acids is 1. The summed E-state index contributed by atoms with van der Waals surface area (Å²) in [6.07, 6.45) is 0.962.